The molecule has 0 unspecified atom stereocenters. The second-order valence-corrected chi connectivity index (χ2v) is 6.06. The van der Waals surface area contributed by atoms with Gasteiger partial charge in [-0.15, -0.1) is 0 Å². The van der Waals surface area contributed by atoms with Crippen LogP contribution in [-0.2, 0) is 19.1 Å². The molecule has 8 heteroatoms. The molecule has 1 N–H and O–H groups in total. The summed E-state index contributed by atoms with van der Waals surface area (Å²) in [6.07, 6.45) is -0.911. The highest BCUT2D eigenvalue weighted by atomic mass is 16.5. The Labute approximate surface area is 144 Å². The number of rotatable bonds is 4. The Balaban J connectivity index is 1.71. The molecule has 0 bridgehead atoms. The molecule has 2 fully saturated rings. The van der Waals surface area contributed by atoms with Gasteiger partial charge in [0.15, 0.2) is 6.10 Å². The second kappa shape index (κ2) is 7.10. The summed E-state index contributed by atoms with van der Waals surface area (Å²) in [6, 6.07) is 7.15. The van der Waals surface area contributed by atoms with Crippen LogP contribution in [0.1, 0.15) is 6.42 Å². The summed E-state index contributed by atoms with van der Waals surface area (Å²) in [5.74, 6) is -1.37. The maximum Gasteiger partial charge on any atom is 0.334 e. The van der Waals surface area contributed by atoms with Gasteiger partial charge in [0.05, 0.1) is 31.9 Å². The molecule has 8 nitrogen and oxygen atoms in total. The van der Waals surface area contributed by atoms with Crippen LogP contribution in [-0.4, -0.2) is 67.2 Å². The van der Waals surface area contributed by atoms with Crippen molar-refractivity contribution in [3.63, 3.8) is 0 Å². The Morgan fingerprint density at radius 2 is 2.04 bits per heavy atom. The highest BCUT2D eigenvalue weighted by molar-refractivity contribution is 6.01. The van der Waals surface area contributed by atoms with E-state index in [0.29, 0.717) is 18.0 Å². The molecule has 25 heavy (non-hydrogen) atoms. The van der Waals surface area contributed by atoms with Crippen molar-refractivity contribution in [3.8, 4) is 5.75 Å². The molecule has 0 radical (unpaired) electrons. The van der Waals surface area contributed by atoms with E-state index in [4.69, 9.17) is 14.6 Å². The molecular formula is C17H20N2O6. The minimum atomic E-state index is -1.09. The van der Waals surface area contributed by atoms with Gasteiger partial charge < -0.3 is 24.4 Å². The van der Waals surface area contributed by atoms with Crippen molar-refractivity contribution in [2.24, 2.45) is 5.92 Å². The van der Waals surface area contributed by atoms with Gasteiger partial charge in [0, 0.05) is 19.5 Å². The molecule has 2 aliphatic rings. The van der Waals surface area contributed by atoms with Crippen LogP contribution in [0.3, 0.4) is 0 Å². The van der Waals surface area contributed by atoms with E-state index >= 15 is 0 Å². The summed E-state index contributed by atoms with van der Waals surface area (Å²) in [7, 11) is 1.53. The van der Waals surface area contributed by atoms with Crippen LogP contribution in [0.5, 0.6) is 5.75 Å². The van der Waals surface area contributed by atoms with Gasteiger partial charge in [-0.05, 0) is 12.1 Å². The highest BCUT2D eigenvalue weighted by Crippen LogP contribution is 2.33. The third kappa shape index (κ3) is 3.43. The SMILES string of the molecule is COc1ccccc1N1C[C@H](C(=O)N2CCO[C@@H](C(=O)O)C2)CC1=O. The predicted molar refractivity (Wildman–Crippen MR) is 87.4 cm³/mol. The van der Waals surface area contributed by atoms with Crippen molar-refractivity contribution in [2.45, 2.75) is 12.5 Å². The van der Waals surface area contributed by atoms with E-state index in [2.05, 4.69) is 0 Å². The Morgan fingerprint density at radius 1 is 1.28 bits per heavy atom. The molecule has 134 valence electrons. The first-order valence-corrected chi connectivity index (χ1v) is 8.08. The molecule has 0 spiro atoms. The predicted octanol–water partition coefficient (Wildman–Crippen LogP) is 0.360. The molecule has 1 aromatic rings. The molecule has 2 aliphatic heterocycles. The standard InChI is InChI=1S/C17H20N2O6/c1-24-13-5-3-2-4-12(13)19-9-11(8-15(19)20)16(21)18-6-7-25-14(10-18)17(22)23/h2-5,11,14H,6-10H2,1H3,(H,22,23)/t11-,14-/m1/s1. The van der Waals surface area contributed by atoms with E-state index in [1.54, 1.807) is 23.1 Å². The van der Waals surface area contributed by atoms with Crippen LogP contribution in [0.4, 0.5) is 5.69 Å². The van der Waals surface area contributed by atoms with Gasteiger partial charge in [-0.1, -0.05) is 12.1 Å². The number of hydrogen-bond acceptors (Lipinski definition) is 5. The Bertz CT molecular complexity index is 691. The Hall–Kier alpha value is -2.61. The Kier molecular flexibility index (Phi) is 4.89. The van der Waals surface area contributed by atoms with Gasteiger partial charge in [0.2, 0.25) is 11.8 Å². The number of methoxy groups -OCH3 is 1. The van der Waals surface area contributed by atoms with E-state index in [0.717, 1.165) is 0 Å². The normalized spacial score (nSPS) is 23.6. The molecule has 2 saturated heterocycles. The fourth-order valence-electron chi connectivity index (χ4n) is 3.22. The van der Waals surface area contributed by atoms with Crippen molar-refractivity contribution in [1.29, 1.82) is 0 Å². The fraction of sp³-hybridized carbons (Fsp3) is 0.471. The number of anilines is 1. The number of carbonyl (C=O) groups excluding carboxylic acids is 2. The van der Waals surface area contributed by atoms with E-state index < -0.39 is 18.0 Å². The van der Waals surface area contributed by atoms with Crippen molar-refractivity contribution in [1.82, 2.24) is 4.90 Å². The molecule has 2 heterocycles. The third-order valence-corrected chi connectivity index (χ3v) is 4.50. The maximum atomic E-state index is 12.7. The summed E-state index contributed by atoms with van der Waals surface area (Å²) < 4.78 is 10.4. The Morgan fingerprint density at radius 3 is 2.76 bits per heavy atom. The third-order valence-electron chi connectivity index (χ3n) is 4.50. The largest absolute Gasteiger partial charge is 0.495 e. The first-order chi connectivity index (χ1) is 12.0. The van der Waals surface area contributed by atoms with E-state index in [1.807, 2.05) is 6.07 Å². The zero-order chi connectivity index (χ0) is 18.0. The minimum absolute atomic E-state index is 0.00746. The molecular weight excluding hydrogens is 328 g/mol. The second-order valence-electron chi connectivity index (χ2n) is 6.06. The first kappa shape index (κ1) is 17.2. The molecule has 2 atom stereocenters. The van der Waals surface area contributed by atoms with Crippen LogP contribution in [0.25, 0.3) is 0 Å². The van der Waals surface area contributed by atoms with Gasteiger partial charge in [0.1, 0.15) is 5.75 Å². The average Bonchev–Trinajstić information content (AvgIpc) is 3.02. The summed E-state index contributed by atoms with van der Waals surface area (Å²) in [4.78, 5) is 39.2. The topological polar surface area (TPSA) is 96.4 Å². The molecule has 0 aromatic heterocycles. The molecule has 3 rings (SSSR count). The van der Waals surface area contributed by atoms with Crippen molar-refractivity contribution >= 4 is 23.5 Å². The smallest absolute Gasteiger partial charge is 0.334 e. The molecule has 0 saturated carbocycles. The van der Waals surface area contributed by atoms with Gasteiger partial charge in [0.25, 0.3) is 0 Å². The van der Waals surface area contributed by atoms with E-state index in [9.17, 15) is 14.4 Å². The quantitative estimate of drug-likeness (QED) is 0.844. The van der Waals surface area contributed by atoms with Crippen molar-refractivity contribution in [2.75, 3.05) is 38.3 Å². The van der Waals surface area contributed by atoms with Gasteiger partial charge in [-0.2, -0.15) is 0 Å². The average molecular weight is 348 g/mol. The van der Waals surface area contributed by atoms with Crippen LogP contribution in [0, 0.1) is 5.92 Å². The number of carboxylic acids is 1. The summed E-state index contributed by atoms with van der Waals surface area (Å²) in [5, 5.41) is 9.05. The fourth-order valence-corrected chi connectivity index (χ4v) is 3.22. The lowest BCUT2D eigenvalue weighted by Gasteiger charge is -2.32. The van der Waals surface area contributed by atoms with Crippen LogP contribution < -0.4 is 9.64 Å². The summed E-state index contributed by atoms with van der Waals surface area (Å²) >= 11 is 0. The lowest BCUT2D eigenvalue weighted by atomic mass is 10.1. The number of para-hydroxylation sites is 2. The summed E-state index contributed by atoms with van der Waals surface area (Å²) in [6.45, 7) is 0.780. The van der Waals surface area contributed by atoms with Gasteiger partial charge >= 0.3 is 5.97 Å². The van der Waals surface area contributed by atoms with Gasteiger partial charge in [-0.25, -0.2) is 4.79 Å². The van der Waals surface area contributed by atoms with Crippen LogP contribution >= 0.6 is 0 Å². The van der Waals surface area contributed by atoms with Crippen molar-refractivity contribution in [3.05, 3.63) is 24.3 Å². The molecule has 1 aromatic carbocycles. The number of amides is 2. The molecule has 2 amide bonds. The number of nitrogens with zero attached hydrogens (tertiary/aromatic N) is 2. The van der Waals surface area contributed by atoms with E-state index in [-0.39, 0.29) is 37.9 Å². The highest BCUT2D eigenvalue weighted by Gasteiger charge is 2.40. The number of carboxylic acid groups (broad SMARTS) is 1. The number of aliphatic carboxylic acids is 1. The number of hydrogen-bond donors (Lipinski definition) is 1. The minimum Gasteiger partial charge on any atom is -0.495 e. The van der Waals surface area contributed by atoms with Crippen LogP contribution in [0.15, 0.2) is 24.3 Å². The van der Waals surface area contributed by atoms with E-state index in [1.165, 1.54) is 12.0 Å². The zero-order valence-electron chi connectivity index (χ0n) is 13.9. The lowest BCUT2D eigenvalue weighted by molar-refractivity contribution is -0.160. The maximum absolute atomic E-state index is 12.7. The first-order valence-electron chi connectivity index (χ1n) is 8.08. The van der Waals surface area contributed by atoms with Crippen molar-refractivity contribution < 1.29 is 29.0 Å². The summed E-state index contributed by atoms with van der Waals surface area (Å²) in [5.41, 5.74) is 0.635. The van der Waals surface area contributed by atoms with Crippen LogP contribution in [0.2, 0.25) is 0 Å². The number of ether oxygens (including phenoxy) is 2. The number of benzene rings is 1. The number of morpholine rings is 1. The molecule has 0 aliphatic carbocycles. The van der Waals surface area contributed by atoms with Gasteiger partial charge in [-0.3, -0.25) is 9.59 Å². The zero-order valence-corrected chi connectivity index (χ0v) is 13.9. The number of carbonyl (C=O) groups is 3. The monoisotopic (exact) mass is 348 g/mol. The lowest BCUT2D eigenvalue weighted by Crippen LogP contribution is -2.50.